The Morgan fingerprint density at radius 3 is 3.00 bits per heavy atom. The van der Waals surface area contributed by atoms with Gasteiger partial charge >= 0.3 is 0 Å². The second-order valence-corrected chi connectivity index (χ2v) is 2.42. The van der Waals surface area contributed by atoms with Gasteiger partial charge in [0, 0.05) is 5.39 Å². The predicted molar refractivity (Wildman–Crippen MR) is 44.3 cm³/mol. The summed E-state index contributed by atoms with van der Waals surface area (Å²) in [4.78, 5) is 0. The van der Waals surface area contributed by atoms with Crippen molar-refractivity contribution in [3.63, 3.8) is 0 Å². The third-order valence-electron chi connectivity index (χ3n) is 1.64. The molecule has 1 aromatic heterocycles. The molecule has 0 amide bonds. The number of fused-ring (bicyclic) bond motifs is 1. The van der Waals surface area contributed by atoms with E-state index in [0.717, 1.165) is 10.9 Å². The van der Waals surface area contributed by atoms with Gasteiger partial charge in [-0.15, -0.1) is 0 Å². The highest BCUT2D eigenvalue weighted by Crippen LogP contribution is 2.10. The molecule has 1 aromatic carbocycles. The van der Waals surface area contributed by atoms with Crippen molar-refractivity contribution in [2.24, 2.45) is 0 Å². The molecular weight excluding hydrogens is 150 g/mol. The highest BCUT2D eigenvalue weighted by molar-refractivity contribution is 5.79. The molecule has 2 rings (SSSR count). The summed E-state index contributed by atoms with van der Waals surface area (Å²) in [5.74, 6) is 0. The summed E-state index contributed by atoms with van der Waals surface area (Å²) in [5, 5.41) is 17.2. The Morgan fingerprint density at radius 2 is 2.17 bits per heavy atom. The monoisotopic (exact) mass is 155 g/mol. The van der Waals surface area contributed by atoms with Gasteiger partial charge in [-0.1, -0.05) is 0 Å². The van der Waals surface area contributed by atoms with E-state index in [4.69, 9.17) is 5.26 Å². The highest BCUT2D eigenvalue weighted by atomic mass is 15.1. The van der Waals surface area contributed by atoms with Gasteiger partial charge in [0.25, 0.3) is 0 Å². The van der Waals surface area contributed by atoms with Crippen LogP contribution in [0.15, 0.2) is 30.5 Å². The van der Waals surface area contributed by atoms with E-state index < -0.39 is 0 Å². The topological polar surface area (TPSA) is 49.6 Å². The van der Waals surface area contributed by atoms with Crippen LogP contribution in [0.2, 0.25) is 0 Å². The molecule has 0 fully saturated rings. The second kappa shape index (κ2) is 2.59. The number of rotatable bonds is 0. The van der Waals surface area contributed by atoms with Crippen LogP contribution in [0.3, 0.4) is 0 Å². The van der Waals surface area contributed by atoms with Crippen LogP contribution >= 0.6 is 0 Å². The van der Waals surface area contributed by atoms with E-state index in [1.165, 1.54) is 0 Å². The van der Waals surface area contributed by atoms with E-state index in [9.17, 15) is 0 Å². The number of hydrogen-bond donors (Lipinski definition) is 0. The van der Waals surface area contributed by atoms with Gasteiger partial charge in [-0.25, -0.2) is 0 Å². The van der Waals surface area contributed by atoms with E-state index in [0.29, 0.717) is 5.56 Å². The first kappa shape index (κ1) is 6.74. The van der Waals surface area contributed by atoms with Crippen molar-refractivity contribution in [1.29, 1.82) is 5.26 Å². The lowest BCUT2D eigenvalue weighted by Gasteiger charge is -1.93. The van der Waals surface area contributed by atoms with Crippen molar-refractivity contribution in [2.45, 2.75) is 0 Å². The fourth-order valence-corrected chi connectivity index (χ4v) is 1.06. The lowest BCUT2D eigenvalue weighted by Crippen LogP contribution is -1.82. The Morgan fingerprint density at radius 1 is 1.25 bits per heavy atom. The fraction of sp³-hybridized carbons (Fsp3) is 0. The van der Waals surface area contributed by atoms with E-state index in [1.54, 1.807) is 24.4 Å². The molecule has 56 valence electrons. The molecule has 0 aliphatic carbocycles. The van der Waals surface area contributed by atoms with Crippen molar-refractivity contribution >= 4 is 10.9 Å². The van der Waals surface area contributed by atoms with Crippen LogP contribution in [-0.2, 0) is 0 Å². The Labute approximate surface area is 69.3 Å². The predicted octanol–water partition coefficient (Wildman–Crippen LogP) is 1.50. The number of aromatic nitrogens is 2. The van der Waals surface area contributed by atoms with Gasteiger partial charge in [0.1, 0.15) is 0 Å². The SMILES string of the molecule is N#Cc1ccc2nnccc2c1. The lowest BCUT2D eigenvalue weighted by atomic mass is 10.1. The maximum atomic E-state index is 8.61. The summed E-state index contributed by atoms with van der Waals surface area (Å²) in [6, 6.07) is 9.23. The summed E-state index contributed by atoms with van der Waals surface area (Å²) >= 11 is 0. The first-order valence-electron chi connectivity index (χ1n) is 3.52. The van der Waals surface area contributed by atoms with E-state index in [2.05, 4.69) is 16.3 Å². The van der Waals surface area contributed by atoms with Crippen molar-refractivity contribution < 1.29 is 0 Å². The van der Waals surface area contributed by atoms with Crippen LogP contribution in [0.25, 0.3) is 10.9 Å². The zero-order valence-corrected chi connectivity index (χ0v) is 6.23. The molecule has 3 heteroatoms. The molecule has 0 aliphatic heterocycles. The van der Waals surface area contributed by atoms with E-state index >= 15 is 0 Å². The number of benzene rings is 1. The van der Waals surface area contributed by atoms with Crippen LogP contribution in [0.5, 0.6) is 0 Å². The molecule has 0 unspecified atom stereocenters. The molecule has 12 heavy (non-hydrogen) atoms. The molecule has 0 spiro atoms. The number of hydrogen-bond acceptors (Lipinski definition) is 3. The van der Waals surface area contributed by atoms with Crippen LogP contribution in [0, 0.1) is 11.3 Å². The van der Waals surface area contributed by atoms with E-state index in [1.807, 2.05) is 6.07 Å². The third-order valence-corrected chi connectivity index (χ3v) is 1.64. The average Bonchev–Trinajstić information content (AvgIpc) is 2.17. The van der Waals surface area contributed by atoms with E-state index in [-0.39, 0.29) is 0 Å². The van der Waals surface area contributed by atoms with Gasteiger partial charge in [-0.05, 0) is 24.3 Å². The summed E-state index contributed by atoms with van der Waals surface area (Å²) in [7, 11) is 0. The third kappa shape index (κ3) is 0.995. The highest BCUT2D eigenvalue weighted by Gasteiger charge is 1.94. The molecule has 0 N–H and O–H groups in total. The minimum atomic E-state index is 0.649. The fourth-order valence-electron chi connectivity index (χ4n) is 1.06. The summed E-state index contributed by atoms with van der Waals surface area (Å²) in [6.07, 6.45) is 1.61. The van der Waals surface area contributed by atoms with Gasteiger partial charge in [0.2, 0.25) is 0 Å². The second-order valence-electron chi connectivity index (χ2n) is 2.42. The van der Waals surface area contributed by atoms with Crippen LogP contribution in [0.1, 0.15) is 5.56 Å². The Bertz CT molecular complexity index is 457. The van der Waals surface area contributed by atoms with Crippen molar-refractivity contribution in [2.75, 3.05) is 0 Å². The Kier molecular flexibility index (Phi) is 1.45. The quantitative estimate of drug-likeness (QED) is 0.579. The molecule has 0 radical (unpaired) electrons. The average molecular weight is 155 g/mol. The van der Waals surface area contributed by atoms with Crippen molar-refractivity contribution in [1.82, 2.24) is 10.2 Å². The minimum absolute atomic E-state index is 0.649. The molecule has 0 atom stereocenters. The molecule has 2 aromatic rings. The zero-order valence-electron chi connectivity index (χ0n) is 6.23. The molecule has 0 bridgehead atoms. The summed E-state index contributed by atoms with van der Waals surface area (Å²) in [6.45, 7) is 0. The van der Waals surface area contributed by atoms with Gasteiger partial charge in [0.15, 0.2) is 0 Å². The maximum Gasteiger partial charge on any atom is 0.0991 e. The van der Waals surface area contributed by atoms with Gasteiger partial charge in [0.05, 0.1) is 23.3 Å². The zero-order chi connectivity index (χ0) is 8.39. The van der Waals surface area contributed by atoms with Crippen molar-refractivity contribution in [3.05, 3.63) is 36.0 Å². The van der Waals surface area contributed by atoms with Gasteiger partial charge < -0.3 is 0 Å². The number of nitrogens with zero attached hydrogens (tertiary/aromatic N) is 3. The molecule has 0 saturated carbocycles. The van der Waals surface area contributed by atoms with Crippen LogP contribution < -0.4 is 0 Å². The molecule has 1 heterocycles. The van der Waals surface area contributed by atoms with Gasteiger partial charge in [-0.3, -0.25) is 0 Å². The number of nitriles is 1. The standard InChI is InChI=1S/C9H5N3/c10-6-7-1-2-9-8(5-7)3-4-11-12-9/h1-5H. The minimum Gasteiger partial charge on any atom is -0.192 e. The molecule has 0 saturated heterocycles. The largest absolute Gasteiger partial charge is 0.192 e. The maximum absolute atomic E-state index is 8.61. The normalized spacial score (nSPS) is 9.58. The summed E-state index contributed by atoms with van der Waals surface area (Å²) < 4.78 is 0. The Hall–Kier alpha value is -1.95. The van der Waals surface area contributed by atoms with Gasteiger partial charge in [-0.2, -0.15) is 15.5 Å². The van der Waals surface area contributed by atoms with Crippen LogP contribution in [-0.4, -0.2) is 10.2 Å². The van der Waals surface area contributed by atoms with Crippen LogP contribution in [0.4, 0.5) is 0 Å². The molecule has 3 nitrogen and oxygen atoms in total. The smallest absolute Gasteiger partial charge is 0.0991 e. The molecular formula is C9H5N3. The lowest BCUT2D eigenvalue weighted by molar-refractivity contribution is 1.08. The first-order valence-corrected chi connectivity index (χ1v) is 3.52. The van der Waals surface area contributed by atoms with Crippen molar-refractivity contribution in [3.8, 4) is 6.07 Å². The first-order chi connectivity index (χ1) is 5.90. The molecule has 0 aliphatic rings. The summed E-state index contributed by atoms with van der Waals surface area (Å²) in [5.41, 5.74) is 1.46. The Balaban J connectivity index is 2.78.